The molecular weight excluding hydrogens is 424 g/mol. The Morgan fingerprint density at radius 1 is 1.20 bits per heavy atom. The number of piperidine rings is 1. The molecule has 3 heterocycles. The van der Waals surface area contributed by atoms with Crippen LogP contribution >= 0.6 is 11.3 Å². The number of fused-ring (bicyclic) bond motifs is 1. The Labute approximate surface area is 179 Å². The highest BCUT2D eigenvalue weighted by molar-refractivity contribution is 7.90. The van der Waals surface area contributed by atoms with Crippen LogP contribution in [0.4, 0.5) is 4.79 Å². The maximum atomic E-state index is 12.0. The van der Waals surface area contributed by atoms with Gasteiger partial charge in [-0.1, -0.05) is 23.5 Å². The number of sulfone groups is 1. The summed E-state index contributed by atoms with van der Waals surface area (Å²) < 4.78 is 30.3. The number of amides is 1. The topological polar surface area (TPSA) is 93.9 Å². The number of nitrogens with zero attached hydrogens (tertiary/aromatic N) is 4. The first-order valence-electron chi connectivity index (χ1n) is 9.83. The van der Waals surface area contributed by atoms with Crippen LogP contribution in [0.2, 0.25) is 0 Å². The number of benzene rings is 1. The molecule has 1 fully saturated rings. The van der Waals surface area contributed by atoms with Crippen molar-refractivity contribution in [2.45, 2.75) is 43.6 Å². The summed E-state index contributed by atoms with van der Waals surface area (Å²) in [6, 6.07) is 6.72. The number of likely N-dealkylation sites (tertiary alicyclic amines) is 1. The molecule has 8 nitrogen and oxygen atoms in total. The molecule has 0 spiro atoms. The molecular formula is C20H24N4O4S2. The molecule has 0 atom stereocenters. The third kappa shape index (κ3) is 4.34. The molecule has 0 bridgehead atoms. The number of rotatable bonds is 4. The SMILES string of the molecule is CC(C)OC(=O)N1CCC(c2cn3nc(-c4ccc(S(C)(=O)=O)cc4)sc3n2)CC1. The predicted molar refractivity (Wildman–Crippen MR) is 115 cm³/mol. The molecule has 0 N–H and O–H groups in total. The van der Waals surface area contributed by atoms with E-state index in [-0.39, 0.29) is 12.2 Å². The van der Waals surface area contributed by atoms with E-state index in [4.69, 9.17) is 9.72 Å². The maximum Gasteiger partial charge on any atom is 0.410 e. The fourth-order valence-corrected chi connectivity index (χ4v) is 5.03. The highest BCUT2D eigenvalue weighted by Gasteiger charge is 2.27. The van der Waals surface area contributed by atoms with Gasteiger partial charge in [0, 0.05) is 30.8 Å². The van der Waals surface area contributed by atoms with Crippen LogP contribution in [0.15, 0.2) is 35.4 Å². The predicted octanol–water partition coefficient (Wildman–Crippen LogP) is 3.59. The highest BCUT2D eigenvalue weighted by Crippen LogP contribution is 2.31. The van der Waals surface area contributed by atoms with Crippen LogP contribution in [-0.4, -0.2) is 59.5 Å². The number of ether oxygens (including phenoxy) is 1. The fourth-order valence-electron chi connectivity index (χ4n) is 3.51. The van der Waals surface area contributed by atoms with Crippen LogP contribution in [-0.2, 0) is 14.6 Å². The largest absolute Gasteiger partial charge is 0.447 e. The molecule has 0 radical (unpaired) electrons. The van der Waals surface area contributed by atoms with E-state index in [1.54, 1.807) is 33.7 Å². The number of carbonyl (C=O) groups excluding carboxylic acids is 1. The summed E-state index contributed by atoms with van der Waals surface area (Å²) in [7, 11) is -3.22. The van der Waals surface area contributed by atoms with Crippen molar-refractivity contribution in [2.24, 2.45) is 0 Å². The second kappa shape index (κ2) is 7.99. The lowest BCUT2D eigenvalue weighted by atomic mass is 9.94. The maximum absolute atomic E-state index is 12.0. The standard InChI is InChI=1S/C20H24N4O4S2/c1-13(2)28-20(25)23-10-8-14(9-11-23)17-12-24-19(21-17)29-18(22-24)15-4-6-16(7-5-15)30(3,26)27/h4-7,12-14H,8-11H2,1-3H3. The Balaban J connectivity index is 1.45. The van der Waals surface area contributed by atoms with Gasteiger partial charge in [-0.05, 0) is 38.8 Å². The van der Waals surface area contributed by atoms with Gasteiger partial charge in [-0.3, -0.25) is 0 Å². The molecule has 1 aliphatic rings. The van der Waals surface area contributed by atoms with Crippen molar-refractivity contribution in [2.75, 3.05) is 19.3 Å². The van der Waals surface area contributed by atoms with Crippen molar-refractivity contribution in [3.63, 3.8) is 0 Å². The van der Waals surface area contributed by atoms with Crippen molar-refractivity contribution in [1.29, 1.82) is 0 Å². The van der Waals surface area contributed by atoms with Crippen LogP contribution in [0.25, 0.3) is 15.5 Å². The van der Waals surface area contributed by atoms with Gasteiger partial charge in [0.05, 0.1) is 22.9 Å². The average molecular weight is 449 g/mol. The molecule has 160 valence electrons. The van der Waals surface area contributed by atoms with E-state index >= 15 is 0 Å². The van der Waals surface area contributed by atoms with Crippen LogP contribution < -0.4 is 0 Å². The van der Waals surface area contributed by atoms with Crippen molar-refractivity contribution < 1.29 is 17.9 Å². The zero-order valence-corrected chi connectivity index (χ0v) is 18.7. The molecule has 4 rings (SSSR count). The van der Waals surface area contributed by atoms with Gasteiger partial charge in [0.1, 0.15) is 5.01 Å². The zero-order chi connectivity index (χ0) is 21.5. The highest BCUT2D eigenvalue weighted by atomic mass is 32.2. The molecule has 0 aliphatic carbocycles. The summed E-state index contributed by atoms with van der Waals surface area (Å²) in [5.74, 6) is 0.291. The van der Waals surface area contributed by atoms with E-state index in [0.29, 0.717) is 23.9 Å². The van der Waals surface area contributed by atoms with E-state index in [0.717, 1.165) is 34.1 Å². The van der Waals surface area contributed by atoms with Crippen molar-refractivity contribution >= 4 is 32.2 Å². The van der Waals surface area contributed by atoms with E-state index in [1.165, 1.54) is 17.6 Å². The lowest BCUT2D eigenvalue weighted by molar-refractivity contribution is 0.0690. The molecule has 1 aliphatic heterocycles. The van der Waals surface area contributed by atoms with Gasteiger partial charge in [0.2, 0.25) is 4.96 Å². The fraction of sp³-hybridized carbons (Fsp3) is 0.450. The van der Waals surface area contributed by atoms with Crippen molar-refractivity contribution in [1.82, 2.24) is 19.5 Å². The first-order valence-corrected chi connectivity index (χ1v) is 12.5. The molecule has 1 amide bonds. The Hall–Kier alpha value is -2.46. The smallest absolute Gasteiger partial charge is 0.410 e. The van der Waals surface area contributed by atoms with Gasteiger partial charge in [-0.2, -0.15) is 5.10 Å². The van der Waals surface area contributed by atoms with Gasteiger partial charge >= 0.3 is 6.09 Å². The molecule has 2 aromatic heterocycles. The molecule has 30 heavy (non-hydrogen) atoms. The van der Waals surface area contributed by atoms with Gasteiger partial charge in [-0.25, -0.2) is 22.7 Å². The third-order valence-corrected chi connectivity index (χ3v) is 7.20. The summed E-state index contributed by atoms with van der Waals surface area (Å²) in [6.07, 6.45) is 4.47. The summed E-state index contributed by atoms with van der Waals surface area (Å²) >= 11 is 1.47. The number of imidazole rings is 1. The zero-order valence-electron chi connectivity index (χ0n) is 17.1. The lowest BCUT2D eigenvalue weighted by Gasteiger charge is -2.31. The Morgan fingerprint density at radius 2 is 1.87 bits per heavy atom. The van der Waals surface area contributed by atoms with E-state index < -0.39 is 9.84 Å². The lowest BCUT2D eigenvalue weighted by Crippen LogP contribution is -2.39. The van der Waals surface area contributed by atoms with Crippen LogP contribution in [0, 0.1) is 0 Å². The number of hydrogen-bond donors (Lipinski definition) is 0. The Kier molecular flexibility index (Phi) is 5.54. The van der Waals surface area contributed by atoms with Gasteiger partial charge in [-0.15, -0.1) is 0 Å². The molecule has 0 saturated carbocycles. The van der Waals surface area contributed by atoms with Gasteiger partial charge < -0.3 is 9.64 Å². The average Bonchev–Trinajstić information content (AvgIpc) is 3.26. The Bertz CT molecular complexity index is 1130. The first kappa shape index (κ1) is 20.8. The number of aromatic nitrogens is 3. The normalized spacial score (nSPS) is 15.8. The first-order chi connectivity index (χ1) is 14.2. The van der Waals surface area contributed by atoms with Crippen molar-refractivity contribution in [3.8, 4) is 10.6 Å². The molecule has 1 saturated heterocycles. The summed E-state index contributed by atoms with van der Waals surface area (Å²) in [5, 5.41) is 5.39. The van der Waals surface area contributed by atoms with E-state index in [9.17, 15) is 13.2 Å². The van der Waals surface area contributed by atoms with Crippen LogP contribution in [0.3, 0.4) is 0 Å². The van der Waals surface area contributed by atoms with Gasteiger partial charge in [0.25, 0.3) is 0 Å². The summed E-state index contributed by atoms with van der Waals surface area (Å²) in [4.78, 5) is 19.6. The summed E-state index contributed by atoms with van der Waals surface area (Å²) in [5.41, 5.74) is 1.85. The second-order valence-corrected chi connectivity index (χ2v) is 10.8. The van der Waals surface area contributed by atoms with E-state index in [2.05, 4.69) is 5.10 Å². The number of hydrogen-bond acceptors (Lipinski definition) is 7. The quantitative estimate of drug-likeness (QED) is 0.605. The Morgan fingerprint density at radius 3 is 2.43 bits per heavy atom. The second-order valence-electron chi connectivity index (χ2n) is 7.79. The molecule has 10 heteroatoms. The van der Waals surface area contributed by atoms with Gasteiger partial charge in [0.15, 0.2) is 9.84 Å². The third-order valence-electron chi connectivity index (χ3n) is 5.10. The summed E-state index contributed by atoms with van der Waals surface area (Å²) in [6.45, 7) is 5.02. The number of carbonyl (C=O) groups is 1. The monoisotopic (exact) mass is 448 g/mol. The molecule has 1 aromatic carbocycles. The van der Waals surface area contributed by atoms with Crippen LogP contribution in [0.1, 0.15) is 38.3 Å². The molecule has 3 aromatic rings. The van der Waals surface area contributed by atoms with Crippen molar-refractivity contribution in [3.05, 3.63) is 36.2 Å². The van der Waals surface area contributed by atoms with Crippen LogP contribution in [0.5, 0.6) is 0 Å². The minimum absolute atomic E-state index is 0.113. The minimum atomic E-state index is -3.22. The molecule has 0 unspecified atom stereocenters. The minimum Gasteiger partial charge on any atom is -0.447 e. The van der Waals surface area contributed by atoms with E-state index in [1.807, 2.05) is 20.0 Å².